The number of halogens is 1. The maximum absolute atomic E-state index is 12.7. The van der Waals surface area contributed by atoms with Crippen LogP contribution in [0.3, 0.4) is 0 Å². The first-order valence-corrected chi connectivity index (χ1v) is 9.80. The molecule has 0 unspecified atom stereocenters. The van der Waals surface area contributed by atoms with Crippen LogP contribution in [0.1, 0.15) is 11.1 Å². The molecule has 0 saturated carbocycles. The van der Waals surface area contributed by atoms with Gasteiger partial charge >= 0.3 is 0 Å². The van der Waals surface area contributed by atoms with Crippen LogP contribution in [0.5, 0.6) is 0 Å². The van der Waals surface area contributed by atoms with Crippen molar-refractivity contribution in [3.63, 3.8) is 0 Å². The molecule has 0 amide bonds. The predicted molar refractivity (Wildman–Crippen MR) is 96.7 cm³/mol. The Morgan fingerprint density at radius 3 is 2.38 bits per heavy atom. The number of benzene rings is 2. The van der Waals surface area contributed by atoms with Gasteiger partial charge in [-0.1, -0.05) is 47.5 Å². The molecular formula is C18H21ClN2O2S. The van der Waals surface area contributed by atoms with E-state index in [9.17, 15) is 8.42 Å². The third-order valence-electron chi connectivity index (χ3n) is 4.25. The van der Waals surface area contributed by atoms with E-state index >= 15 is 0 Å². The molecule has 1 aliphatic rings. The molecule has 1 heterocycles. The molecule has 128 valence electrons. The van der Waals surface area contributed by atoms with Gasteiger partial charge in [-0.15, -0.1) is 0 Å². The average molecular weight is 365 g/mol. The lowest BCUT2D eigenvalue weighted by Crippen LogP contribution is -2.48. The smallest absolute Gasteiger partial charge is 0.243 e. The van der Waals surface area contributed by atoms with E-state index in [2.05, 4.69) is 36.1 Å². The highest BCUT2D eigenvalue weighted by atomic mass is 35.5. The molecule has 1 fully saturated rings. The van der Waals surface area contributed by atoms with Gasteiger partial charge < -0.3 is 0 Å². The molecule has 2 aromatic carbocycles. The molecule has 0 aliphatic carbocycles. The normalized spacial score (nSPS) is 17.1. The second-order valence-electron chi connectivity index (χ2n) is 6.13. The zero-order chi connectivity index (χ0) is 17.2. The minimum Gasteiger partial charge on any atom is -0.296 e. The van der Waals surface area contributed by atoms with Gasteiger partial charge in [0.2, 0.25) is 10.0 Å². The van der Waals surface area contributed by atoms with Crippen LogP contribution in [-0.4, -0.2) is 43.8 Å². The first-order chi connectivity index (χ1) is 11.4. The van der Waals surface area contributed by atoms with E-state index in [-0.39, 0.29) is 4.90 Å². The van der Waals surface area contributed by atoms with Crippen molar-refractivity contribution in [2.24, 2.45) is 0 Å². The van der Waals surface area contributed by atoms with Gasteiger partial charge in [-0.3, -0.25) is 4.90 Å². The molecule has 0 spiro atoms. The summed E-state index contributed by atoms with van der Waals surface area (Å²) in [6.07, 6.45) is 0. The molecule has 0 radical (unpaired) electrons. The molecule has 1 saturated heterocycles. The zero-order valence-electron chi connectivity index (χ0n) is 13.7. The van der Waals surface area contributed by atoms with Gasteiger partial charge in [0.25, 0.3) is 0 Å². The standard InChI is InChI=1S/C18H21ClN2O2S/c1-15-4-2-5-16(12-15)14-20-8-10-21(11-9-20)24(22,23)18-7-3-6-17(19)13-18/h2-7,12-13H,8-11,14H2,1H3. The number of rotatable bonds is 4. The van der Waals surface area contributed by atoms with E-state index in [0.29, 0.717) is 18.1 Å². The van der Waals surface area contributed by atoms with Gasteiger partial charge in [0.1, 0.15) is 0 Å². The average Bonchev–Trinajstić information content (AvgIpc) is 2.55. The molecule has 0 bridgehead atoms. The van der Waals surface area contributed by atoms with Crippen molar-refractivity contribution >= 4 is 21.6 Å². The summed E-state index contributed by atoms with van der Waals surface area (Å²) in [5.41, 5.74) is 2.51. The number of sulfonamides is 1. The highest BCUT2D eigenvalue weighted by Gasteiger charge is 2.28. The van der Waals surface area contributed by atoms with E-state index in [1.807, 2.05) is 0 Å². The summed E-state index contributed by atoms with van der Waals surface area (Å²) in [6, 6.07) is 14.9. The van der Waals surface area contributed by atoms with Crippen molar-refractivity contribution in [3.8, 4) is 0 Å². The Bertz CT molecular complexity index is 815. The molecule has 0 N–H and O–H groups in total. The minimum atomic E-state index is -3.47. The van der Waals surface area contributed by atoms with Crippen LogP contribution in [0, 0.1) is 6.92 Å². The number of piperazine rings is 1. The maximum Gasteiger partial charge on any atom is 0.243 e. The second kappa shape index (κ2) is 7.23. The van der Waals surface area contributed by atoms with Crippen molar-refractivity contribution in [2.45, 2.75) is 18.4 Å². The fraction of sp³-hybridized carbons (Fsp3) is 0.333. The Labute approximate surface area is 148 Å². The lowest BCUT2D eigenvalue weighted by molar-refractivity contribution is 0.181. The van der Waals surface area contributed by atoms with Gasteiger partial charge in [-0.05, 0) is 30.7 Å². The van der Waals surface area contributed by atoms with Crippen LogP contribution in [0.15, 0.2) is 53.4 Å². The third-order valence-corrected chi connectivity index (χ3v) is 6.38. The number of hydrogen-bond acceptors (Lipinski definition) is 3. The predicted octanol–water partition coefficient (Wildman–Crippen LogP) is 3.15. The molecular weight excluding hydrogens is 344 g/mol. The van der Waals surface area contributed by atoms with E-state index in [4.69, 9.17) is 11.6 Å². The van der Waals surface area contributed by atoms with E-state index in [0.717, 1.165) is 19.6 Å². The highest BCUT2D eigenvalue weighted by molar-refractivity contribution is 7.89. The second-order valence-corrected chi connectivity index (χ2v) is 8.50. The number of aryl methyl sites for hydroxylation is 1. The van der Waals surface area contributed by atoms with Crippen LogP contribution in [-0.2, 0) is 16.6 Å². The molecule has 6 heteroatoms. The van der Waals surface area contributed by atoms with Crippen LogP contribution in [0.2, 0.25) is 5.02 Å². The van der Waals surface area contributed by atoms with Crippen molar-refractivity contribution in [2.75, 3.05) is 26.2 Å². The molecule has 4 nitrogen and oxygen atoms in total. The lowest BCUT2D eigenvalue weighted by atomic mass is 10.1. The van der Waals surface area contributed by atoms with Gasteiger partial charge in [0.05, 0.1) is 4.90 Å². The first kappa shape index (κ1) is 17.4. The van der Waals surface area contributed by atoms with E-state index in [1.165, 1.54) is 17.2 Å². The molecule has 1 aliphatic heterocycles. The van der Waals surface area contributed by atoms with Crippen molar-refractivity contribution in [3.05, 3.63) is 64.7 Å². The third kappa shape index (κ3) is 3.98. The van der Waals surface area contributed by atoms with Crippen LogP contribution in [0.4, 0.5) is 0 Å². The maximum atomic E-state index is 12.7. The monoisotopic (exact) mass is 364 g/mol. The molecule has 0 atom stereocenters. The number of hydrogen-bond donors (Lipinski definition) is 0. The molecule has 2 aromatic rings. The highest BCUT2D eigenvalue weighted by Crippen LogP contribution is 2.21. The zero-order valence-corrected chi connectivity index (χ0v) is 15.2. The van der Waals surface area contributed by atoms with Crippen molar-refractivity contribution < 1.29 is 8.42 Å². The summed E-state index contributed by atoms with van der Waals surface area (Å²) in [5.74, 6) is 0. The largest absolute Gasteiger partial charge is 0.296 e. The first-order valence-electron chi connectivity index (χ1n) is 7.99. The topological polar surface area (TPSA) is 40.6 Å². The fourth-order valence-corrected chi connectivity index (χ4v) is 4.70. The fourth-order valence-electron chi connectivity index (χ4n) is 2.97. The quantitative estimate of drug-likeness (QED) is 0.836. The minimum absolute atomic E-state index is 0.266. The Morgan fingerprint density at radius 2 is 1.71 bits per heavy atom. The Morgan fingerprint density at radius 1 is 1.00 bits per heavy atom. The van der Waals surface area contributed by atoms with Crippen molar-refractivity contribution in [1.82, 2.24) is 9.21 Å². The van der Waals surface area contributed by atoms with Gasteiger partial charge in [0.15, 0.2) is 0 Å². The molecule has 24 heavy (non-hydrogen) atoms. The van der Waals surface area contributed by atoms with Gasteiger partial charge in [-0.25, -0.2) is 8.42 Å². The van der Waals surface area contributed by atoms with E-state index in [1.54, 1.807) is 22.5 Å². The SMILES string of the molecule is Cc1cccc(CN2CCN(S(=O)(=O)c3cccc(Cl)c3)CC2)c1. The Hall–Kier alpha value is -1.40. The summed E-state index contributed by atoms with van der Waals surface area (Å²) in [5, 5.41) is 0.439. The lowest BCUT2D eigenvalue weighted by Gasteiger charge is -2.34. The van der Waals surface area contributed by atoms with Gasteiger partial charge in [0, 0.05) is 37.7 Å². The Kier molecular flexibility index (Phi) is 5.25. The van der Waals surface area contributed by atoms with E-state index < -0.39 is 10.0 Å². The van der Waals surface area contributed by atoms with Gasteiger partial charge in [-0.2, -0.15) is 4.31 Å². The summed E-state index contributed by atoms with van der Waals surface area (Å²) < 4.78 is 26.9. The summed E-state index contributed by atoms with van der Waals surface area (Å²) in [6.45, 7) is 5.40. The van der Waals surface area contributed by atoms with Crippen molar-refractivity contribution in [1.29, 1.82) is 0 Å². The Balaban J connectivity index is 1.64. The van der Waals surface area contributed by atoms with Crippen LogP contribution >= 0.6 is 11.6 Å². The van der Waals surface area contributed by atoms with Crippen LogP contribution in [0.25, 0.3) is 0 Å². The summed E-state index contributed by atoms with van der Waals surface area (Å²) >= 11 is 5.92. The summed E-state index contributed by atoms with van der Waals surface area (Å²) in [7, 11) is -3.47. The summed E-state index contributed by atoms with van der Waals surface area (Å²) in [4.78, 5) is 2.56. The van der Waals surface area contributed by atoms with Crippen LogP contribution < -0.4 is 0 Å². The molecule has 0 aromatic heterocycles. The molecule has 3 rings (SSSR count). The number of nitrogens with zero attached hydrogens (tertiary/aromatic N) is 2.